The first-order valence-corrected chi connectivity index (χ1v) is 9.28. The van der Waals surface area contributed by atoms with Gasteiger partial charge in [-0.3, -0.25) is 14.5 Å². The molecule has 2 aromatic carbocycles. The smallest absolute Gasteiger partial charge is 0.301 e. The van der Waals surface area contributed by atoms with Gasteiger partial charge in [0.25, 0.3) is 5.78 Å². The number of aromatic nitrogens is 1. The number of Topliss-reactive ketones (excluding diaryl/α,β-unsaturated/α-hetero) is 1. The number of nitrogens with zero attached hydrogens (tertiary/aromatic N) is 2. The first kappa shape index (κ1) is 17.2. The van der Waals surface area contributed by atoms with Crippen molar-refractivity contribution in [3.8, 4) is 0 Å². The number of carbonyl (C=O) groups is 2. The number of hydrogen-bond donors (Lipinski definition) is 1. The summed E-state index contributed by atoms with van der Waals surface area (Å²) in [6, 6.07) is 15.6. The third-order valence-electron chi connectivity index (χ3n) is 4.51. The lowest BCUT2D eigenvalue weighted by Gasteiger charge is -2.23. The van der Waals surface area contributed by atoms with Crippen LogP contribution in [0.15, 0.2) is 71.7 Å². The van der Waals surface area contributed by atoms with Crippen molar-refractivity contribution in [2.75, 3.05) is 4.90 Å². The Morgan fingerprint density at radius 2 is 1.78 bits per heavy atom. The highest BCUT2D eigenvalue weighted by atomic mass is 32.1. The normalized spacial score (nSPS) is 18.9. The van der Waals surface area contributed by atoms with Gasteiger partial charge in [-0.2, -0.15) is 0 Å². The number of ketones is 1. The Bertz CT molecular complexity index is 1030. The van der Waals surface area contributed by atoms with Crippen LogP contribution in [0.3, 0.4) is 0 Å². The zero-order valence-electron chi connectivity index (χ0n) is 14.5. The molecule has 0 spiro atoms. The summed E-state index contributed by atoms with van der Waals surface area (Å²) in [6.07, 6.45) is 1.59. The van der Waals surface area contributed by atoms with Gasteiger partial charge >= 0.3 is 5.91 Å². The second-order valence-electron chi connectivity index (χ2n) is 6.26. The Kier molecular flexibility index (Phi) is 4.33. The molecule has 2 heterocycles. The molecule has 1 atom stereocenters. The van der Waals surface area contributed by atoms with Crippen molar-refractivity contribution < 1.29 is 14.7 Å². The lowest BCUT2D eigenvalue weighted by Crippen LogP contribution is -2.29. The van der Waals surface area contributed by atoms with Crippen LogP contribution < -0.4 is 4.90 Å². The lowest BCUT2D eigenvalue weighted by molar-refractivity contribution is -0.132. The number of aliphatic hydroxyl groups is 1. The van der Waals surface area contributed by atoms with Crippen molar-refractivity contribution in [1.29, 1.82) is 0 Å². The summed E-state index contributed by atoms with van der Waals surface area (Å²) >= 11 is 1.27. The van der Waals surface area contributed by atoms with Gasteiger partial charge in [-0.05, 0) is 12.5 Å². The van der Waals surface area contributed by atoms with Gasteiger partial charge in [0.05, 0.1) is 11.6 Å². The summed E-state index contributed by atoms with van der Waals surface area (Å²) in [5.41, 5.74) is 2.37. The molecule has 1 aromatic heterocycles. The molecule has 27 heavy (non-hydrogen) atoms. The van der Waals surface area contributed by atoms with E-state index in [0.29, 0.717) is 10.7 Å². The van der Waals surface area contributed by atoms with E-state index in [-0.39, 0.29) is 11.3 Å². The van der Waals surface area contributed by atoms with Crippen LogP contribution in [-0.2, 0) is 9.59 Å². The van der Waals surface area contributed by atoms with Gasteiger partial charge in [0, 0.05) is 17.1 Å². The molecular weight excluding hydrogens is 360 g/mol. The fraction of sp³-hybridized carbons (Fsp3) is 0.0952. The van der Waals surface area contributed by atoms with E-state index in [1.54, 1.807) is 35.8 Å². The first-order valence-electron chi connectivity index (χ1n) is 8.40. The fourth-order valence-corrected chi connectivity index (χ4v) is 3.85. The molecule has 134 valence electrons. The minimum atomic E-state index is -0.725. The summed E-state index contributed by atoms with van der Waals surface area (Å²) in [4.78, 5) is 31.2. The van der Waals surface area contributed by atoms with Crippen LogP contribution in [0, 0.1) is 6.92 Å². The number of hydrogen-bond acceptors (Lipinski definition) is 5. The van der Waals surface area contributed by atoms with E-state index < -0.39 is 17.7 Å². The Labute approximate surface area is 160 Å². The number of rotatable bonds is 3. The van der Waals surface area contributed by atoms with Gasteiger partial charge in [0.2, 0.25) is 0 Å². The van der Waals surface area contributed by atoms with Gasteiger partial charge < -0.3 is 5.11 Å². The molecule has 3 aromatic rings. The third kappa shape index (κ3) is 2.94. The highest BCUT2D eigenvalue weighted by Crippen LogP contribution is 2.42. The summed E-state index contributed by atoms with van der Waals surface area (Å²) < 4.78 is 0. The molecule has 0 saturated carbocycles. The van der Waals surface area contributed by atoms with Gasteiger partial charge in [-0.25, -0.2) is 4.98 Å². The van der Waals surface area contributed by atoms with Crippen LogP contribution in [0.5, 0.6) is 0 Å². The molecule has 0 radical (unpaired) electrons. The number of amides is 1. The molecular formula is C21H16N2O3S. The summed E-state index contributed by atoms with van der Waals surface area (Å²) in [5, 5.41) is 13.0. The van der Waals surface area contributed by atoms with Crippen LogP contribution in [0.25, 0.3) is 5.76 Å². The third-order valence-corrected chi connectivity index (χ3v) is 5.28. The molecule has 6 heteroatoms. The molecule has 1 amide bonds. The SMILES string of the molecule is Cc1ccc([C@H]2C(=C(O)c3ccccc3)C(=O)C(=O)N2c2nccs2)cc1. The number of benzene rings is 2. The minimum absolute atomic E-state index is 0.0743. The van der Waals surface area contributed by atoms with Crippen LogP contribution in [0.1, 0.15) is 22.7 Å². The van der Waals surface area contributed by atoms with E-state index in [2.05, 4.69) is 4.98 Å². The van der Waals surface area contributed by atoms with Crippen molar-refractivity contribution in [1.82, 2.24) is 4.98 Å². The monoisotopic (exact) mass is 376 g/mol. The molecule has 1 aliphatic heterocycles. The number of aryl methyl sites for hydroxylation is 1. The highest BCUT2D eigenvalue weighted by Gasteiger charge is 2.47. The molecule has 1 fully saturated rings. The van der Waals surface area contributed by atoms with Gasteiger partial charge in [-0.1, -0.05) is 60.2 Å². The Balaban J connectivity index is 1.94. The lowest BCUT2D eigenvalue weighted by atomic mass is 9.95. The highest BCUT2D eigenvalue weighted by molar-refractivity contribution is 7.14. The van der Waals surface area contributed by atoms with Gasteiger partial charge in [0.1, 0.15) is 5.76 Å². The number of carbonyl (C=O) groups excluding carboxylic acids is 2. The fourth-order valence-electron chi connectivity index (χ4n) is 3.18. The van der Waals surface area contributed by atoms with Gasteiger partial charge in [0.15, 0.2) is 5.13 Å². The maximum atomic E-state index is 12.8. The quantitative estimate of drug-likeness (QED) is 0.425. The Morgan fingerprint density at radius 3 is 2.41 bits per heavy atom. The molecule has 0 unspecified atom stereocenters. The average Bonchev–Trinajstić information content (AvgIpc) is 3.30. The maximum absolute atomic E-state index is 12.8. The molecule has 5 nitrogen and oxygen atoms in total. The topological polar surface area (TPSA) is 70.5 Å². The zero-order valence-corrected chi connectivity index (χ0v) is 15.3. The first-order chi connectivity index (χ1) is 13.1. The van der Waals surface area contributed by atoms with Crippen molar-refractivity contribution in [3.05, 3.63) is 88.4 Å². The zero-order chi connectivity index (χ0) is 19.0. The summed E-state index contributed by atoms with van der Waals surface area (Å²) in [5.74, 6) is -1.58. The van der Waals surface area contributed by atoms with E-state index in [0.717, 1.165) is 11.1 Å². The van der Waals surface area contributed by atoms with E-state index >= 15 is 0 Å². The second-order valence-corrected chi connectivity index (χ2v) is 7.13. The Morgan fingerprint density at radius 1 is 1.07 bits per heavy atom. The Hall–Kier alpha value is -3.25. The average molecular weight is 376 g/mol. The van der Waals surface area contributed by atoms with E-state index in [4.69, 9.17) is 0 Å². The molecule has 0 aliphatic carbocycles. The molecule has 4 rings (SSSR count). The van der Waals surface area contributed by atoms with E-state index in [1.807, 2.05) is 37.3 Å². The standard InChI is InChI=1S/C21H16N2O3S/c1-13-7-9-14(10-8-13)17-16(18(24)15-5-3-2-4-6-15)19(25)20(26)23(17)21-22-11-12-27-21/h2-12,17,24H,1H3/t17-/m0/s1. The van der Waals surface area contributed by atoms with Crippen molar-refractivity contribution in [2.24, 2.45) is 0 Å². The minimum Gasteiger partial charge on any atom is -0.507 e. The van der Waals surface area contributed by atoms with Crippen molar-refractivity contribution >= 4 is 33.9 Å². The molecule has 1 saturated heterocycles. The predicted molar refractivity (Wildman–Crippen MR) is 105 cm³/mol. The summed E-state index contributed by atoms with van der Waals surface area (Å²) in [7, 11) is 0. The summed E-state index contributed by atoms with van der Waals surface area (Å²) in [6.45, 7) is 1.96. The molecule has 1 N–H and O–H groups in total. The second kappa shape index (κ2) is 6.81. The number of thiazole rings is 1. The van der Waals surface area contributed by atoms with Crippen LogP contribution >= 0.6 is 11.3 Å². The largest absolute Gasteiger partial charge is 0.507 e. The van der Waals surface area contributed by atoms with E-state index in [9.17, 15) is 14.7 Å². The molecule has 1 aliphatic rings. The number of anilines is 1. The number of aliphatic hydroxyl groups excluding tert-OH is 1. The van der Waals surface area contributed by atoms with Gasteiger partial charge in [-0.15, -0.1) is 11.3 Å². The van der Waals surface area contributed by atoms with E-state index in [1.165, 1.54) is 16.2 Å². The predicted octanol–water partition coefficient (Wildman–Crippen LogP) is 4.08. The van der Waals surface area contributed by atoms with Crippen LogP contribution in [0.4, 0.5) is 5.13 Å². The van der Waals surface area contributed by atoms with Crippen LogP contribution in [0.2, 0.25) is 0 Å². The van der Waals surface area contributed by atoms with Crippen molar-refractivity contribution in [2.45, 2.75) is 13.0 Å². The van der Waals surface area contributed by atoms with Crippen molar-refractivity contribution in [3.63, 3.8) is 0 Å². The van der Waals surface area contributed by atoms with Crippen LogP contribution in [-0.4, -0.2) is 21.8 Å². The molecule has 0 bridgehead atoms. The maximum Gasteiger partial charge on any atom is 0.301 e.